The van der Waals surface area contributed by atoms with Gasteiger partial charge < -0.3 is 19.4 Å². The summed E-state index contributed by atoms with van der Waals surface area (Å²) in [6, 6.07) is 12.9. The molecule has 0 aliphatic carbocycles. The summed E-state index contributed by atoms with van der Waals surface area (Å²) in [5.74, 6) is 1.40. The van der Waals surface area contributed by atoms with Gasteiger partial charge in [0.15, 0.2) is 11.5 Å². The molecule has 1 aromatic heterocycles. The molecular weight excluding hydrogens is 393 g/mol. The minimum Gasteiger partial charge on any atom is -0.454 e. The van der Waals surface area contributed by atoms with Crippen molar-refractivity contribution in [3.8, 4) is 17.2 Å². The Bertz CT molecular complexity index is 1020. The topological polar surface area (TPSA) is 35.4 Å². The second-order valence-electron chi connectivity index (χ2n) is 6.57. The Morgan fingerprint density at radius 3 is 2.43 bits per heavy atom. The van der Waals surface area contributed by atoms with Crippen LogP contribution in [-0.2, 0) is 12.7 Å². The van der Waals surface area contributed by atoms with Crippen LogP contribution in [0.15, 0.2) is 54.7 Å². The zero-order chi connectivity index (χ0) is 18.6. The Kier molecular flexibility index (Phi) is 4.51. The predicted octanol–water partition coefficient (Wildman–Crippen LogP) is 4.84. The van der Waals surface area contributed by atoms with E-state index in [2.05, 4.69) is 5.32 Å². The van der Waals surface area contributed by atoms with Crippen LogP contribution in [0.4, 0.5) is 13.2 Å². The molecule has 3 aromatic rings. The number of ether oxygens (including phenoxy) is 2. The van der Waals surface area contributed by atoms with Gasteiger partial charge in [-0.3, -0.25) is 0 Å². The molecule has 4 nitrogen and oxygen atoms in total. The van der Waals surface area contributed by atoms with Crippen LogP contribution in [0.5, 0.6) is 11.5 Å². The molecule has 8 heteroatoms. The highest BCUT2D eigenvalue weighted by Gasteiger charge is 2.31. The molecule has 2 aromatic carbocycles. The molecule has 0 saturated heterocycles. The molecule has 0 radical (unpaired) electrons. The van der Waals surface area contributed by atoms with E-state index in [-0.39, 0.29) is 25.2 Å². The molecule has 146 valence electrons. The molecule has 0 saturated carbocycles. The van der Waals surface area contributed by atoms with Gasteiger partial charge in [0.25, 0.3) is 0 Å². The summed E-state index contributed by atoms with van der Waals surface area (Å²) in [4.78, 5) is 0. The monoisotopic (exact) mass is 408 g/mol. The highest BCUT2D eigenvalue weighted by atomic mass is 35.5. The summed E-state index contributed by atoms with van der Waals surface area (Å²) in [5.41, 5.74) is 3.08. The fourth-order valence-corrected chi connectivity index (χ4v) is 3.66. The molecule has 1 atom stereocenters. The van der Waals surface area contributed by atoms with Crippen molar-refractivity contribution in [2.24, 2.45) is 0 Å². The van der Waals surface area contributed by atoms with Gasteiger partial charge in [-0.15, -0.1) is 12.4 Å². The third-order valence-corrected chi connectivity index (χ3v) is 4.98. The lowest BCUT2D eigenvalue weighted by Crippen LogP contribution is -2.21. The Hall–Kier alpha value is -2.64. The standard InChI is InChI=1S/C20H15F3N2O2.ClH/c21-20(22,23)14-5-3-12(4-6-14)19-15-2-1-7-25(15)16-9-18-17(26-11-27-18)8-13(16)10-24-19;/h1-9,19,24H,10-11H2;1H. The average molecular weight is 409 g/mol. The minimum atomic E-state index is -4.34. The molecule has 1 N–H and O–H groups in total. The van der Waals surface area contributed by atoms with E-state index >= 15 is 0 Å². The van der Waals surface area contributed by atoms with Crippen molar-refractivity contribution in [1.82, 2.24) is 9.88 Å². The number of alkyl halides is 3. The first-order valence-corrected chi connectivity index (χ1v) is 8.51. The van der Waals surface area contributed by atoms with Crippen LogP contribution in [0.3, 0.4) is 0 Å². The van der Waals surface area contributed by atoms with Gasteiger partial charge in [0.05, 0.1) is 17.3 Å². The average Bonchev–Trinajstić information content (AvgIpc) is 3.27. The molecule has 0 fully saturated rings. The van der Waals surface area contributed by atoms with Crippen molar-refractivity contribution < 1.29 is 22.6 Å². The third kappa shape index (κ3) is 3.00. The summed E-state index contributed by atoms with van der Waals surface area (Å²) in [5, 5.41) is 3.45. The van der Waals surface area contributed by atoms with Gasteiger partial charge in [0.2, 0.25) is 6.79 Å². The van der Waals surface area contributed by atoms with Crippen molar-refractivity contribution in [3.05, 3.63) is 77.1 Å². The Balaban J connectivity index is 0.00000192. The van der Waals surface area contributed by atoms with Crippen molar-refractivity contribution in [2.45, 2.75) is 18.8 Å². The van der Waals surface area contributed by atoms with Crippen LogP contribution in [-0.4, -0.2) is 11.4 Å². The summed E-state index contributed by atoms with van der Waals surface area (Å²) in [6.45, 7) is 0.762. The number of aromatic nitrogens is 1. The van der Waals surface area contributed by atoms with Crippen LogP contribution < -0.4 is 14.8 Å². The summed E-state index contributed by atoms with van der Waals surface area (Å²) in [7, 11) is 0. The van der Waals surface area contributed by atoms with Crippen LogP contribution in [0.1, 0.15) is 28.4 Å². The lowest BCUT2D eigenvalue weighted by molar-refractivity contribution is -0.137. The maximum absolute atomic E-state index is 12.9. The van der Waals surface area contributed by atoms with E-state index in [1.54, 1.807) is 0 Å². The zero-order valence-corrected chi connectivity index (χ0v) is 15.3. The largest absolute Gasteiger partial charge is 0.454 e. The van der Waals surface area contributed by atoms with E-state index in [9.17, 15) is 13.2 Å². The highest BCUT2D eigenvalue weighted by molar-refractivity contribution is 5.85. The van der Waals surface area contributed by atoms with E-state index in [0.29, 0.717) is 18.0 Å². The van der Waals surface area contributed by atoms with Crippen molar-refractivity contribution in [1.29, 1.82) is 0 Å². The molecule has 0 spiro atoms. The zero-order valence-electron chi connectivity index (χ0n) is 14.5. The number of halogens is 4. The Morgan fingerprint density at radius 1 is 1.00 bits per heavy atom. The molecule has 2 aliphatic heterocycles. The number of nitrogens with zero attached hydrogens (tertiary/aromatic N) is 1. The number of fused-ring (bicyclic) bond motifs is 4. The minimum absolute atomic E-state index is 0. The number of nitrogens with one attached hydrogen (secondary N) is 1. The summed E-state index contributed by atoms with van der Waals surface area (Å²) >= 11 is 0. The number of hydrogen-bond acceptors (Lipinski definition) is 3. The first kappa shape index (κ1) is 18.7. The molecule has 2 aliphatic rings. The molecule has 0 bridgehead atoms. The van der Waals surface area contributed by atoms with Gasteiger partial charge in [-0.05, 0) is 41.5 Å². The van der Waals surface area contributed by atoms with Crippen LogP contribution in [0, 0.1) is 0 Å². The molecule has 1 unspecified atom stereocenters. The second kappa shape index (κ2) is 6.76. The molecule has 0 amide bonds. The van der Waals surface area contributed by atoms with E-state index in [4.69, 9.17) is 9.47 Å². The summed E-state index contributed by atoms with van der Waals surface area (Å²) in [6.07, 6.45) is -2.40. The lowest BCUT2D eigenvalue weighted by Gasteiger charge is -2.18. The molecule has 28 heavy (non-hydrogen) atoms. The number of rotatable bonds is 1. The Morgan fingerprint density at radius 2 is 1.71 bits per heavy atom. The van der Waals surface area contributed by atoms with Gasteiger partial charge >= 0.3 is 6.18 Å². The van der Waals surface area contributed by atoms with E-state index in [1.165, 1.54) is 12.1 Å². The van der Waals surface area contributed by atoms with E-state index < -0.39 is 11.7 Å². The number of hydrogen-bond donors (Lipinski definition) is 1. The van der Waals surface area contributed by atoms with Gasteiger partial charge in [-0.2, -0.15) is 13.2 Å². The van der Waals surface area contributed by atoms with Crippen LogP contribution >= 0.6 is 12.4 Å². The normalized spacial score (nSPS) is 17.3. The maximum Gasteiger partial charge on any atom is 0.416 e. The van der Waals surface area contributed by atoms with Gasteiger partial charge in [-0.1, -0.05) is 12.1 Å². The van der Waals surface area contributed by atoms with Gasteiger partial charge in [0, 0.05) is 24.5 Å². The fourth-order valence-electron chi connectivity index (χ4n) is 3.66. The highest BCUT2D eigenvalue weighted by Crippen LogP contribution is 2.39. The first-order valence-electron chi connectivity index (χ1n) is 8.51. The van der Waals surface area contributed by atoms with Crippen molar-refractivity contribution >= 4 is 12.4 Å². The van der Waals surface area contributed by atoms with Gasteiger partial charge in [0.1, 0.15) is 0 Å². The van der Waals surface area contributed by atoms with E-state index in [1.807, 2.05) is 35.0 Å². The predicted molar refractivity (Wildman–Crippen MR) is 99.3 cm³/mol. The first-order chi connectivity index (χ1) is 13.0. The second-order valence-corrected chi connectivity index (χ2v) is 6.57. The SMILES string of the molecule is Cl.FC(F)(F)c1ccc(C2NCc3cc4c(cc3-n3cccc32)OCO4)cc1. The van der Waals surface area contributed by atoms with Crippen molar-refractivity contribution in [3.63, 3.8) is 0 Å². The lowest BCUT2D eigenvalue weighted by atomic mass is 10.0. The third-order valence-electron chi connectivity index (χ3n) is 4.98. The van der Waals surface area contributed by atoms with Crippen molar-refractivity contribution in [2.75, 3.05) is 6.79 Å². The summed E-state index contributed by atoms with van der Waals surface area (Å²) < 4.78 is 51.6. The Labute approximate surface area is 165 Å². The molecule has 5 rings (SSSR count). The molecular formula is C20H16ClF3N2O2. The van der Waals surface area contributed by atoms with Crippen LogP contribution in [0.25, 0.3) is 5.69 Å². The quantitative estimate of drug-likeness (QED) is 0.626. The smallest absolute Gasteiger partial charge is 0.416 e. The van der Waals surface area contributed by atoms with Gasteiger partial charge in [-0.25, -0.2) is 0 Å². The maximum atomic E-state index is 12.9. The van der Waals surface area contributed by atoms with E-state index in [0.717, 1.165) is 34.6 Å². The molecule has 3 heterocycles. The fraction of sp³-hybridized carbons (Fsp3) is 0.200. The van der Waals surface area contributed by atoms with Crippen LogP contribution in [0.2, 0.25) is 0 Å². The number of benzene rings is 2.